The highest BCUT2D eigenvalue weighted by atomic mass is 32.2. The Labute approximate surface area is 108 Å². The van der Waals surface area contributed by atoms with Gasteiger partial charge in [-0.3, -0.25) is 4.79 Å². The molecule has 0 unspecified atom stereocenters. The summed E-state index contributed by atoms with van der Waals surface area (Å²) < 4.78 is 48.6. The lowest BCUT2D eigenvalue weighted by Gasteiger charge is -2.32. The molecule has 0 aromatic heterocycles. The zero-order valence-corrected chi connectivity index (χ0v) is 10.5. The fourth-order valence-corrected chi connectivity index (χ4v) is 3.12. The summed E-state index contributed by atoms with van der Waals surface area (Å²) in [6.07, 6.45) is -0.114. The minimum Gasteiger partial charge on any atom is -0.480 e. The molecule has 1 N–H and O–H groups in total. The molecule has 19 heavy (non-hydrogen) atoms. The number of hydrogen-bond donors (Lipinski definition) is 1. The maximum Gasteiger partial charge on any atom is 0.350 e. The first-order valence-electron chi connectivity index (χ1n) is 5.42. The Balaban J connectivity index is 2.46. The molecule has 2 rings (SSSR count). The fraction of sp³-hybridized carbons (Fsp3) is 0.364. The molecule has 0 aliphatic carbocycles. The highest BCUT2D eigenvalue weighted by Gasteiger charge is 2.43. The Morgan fingerprint density at radius 2 is 1.89 bits per heavy atom. The minimum absolute atomic E-state index is 0.114. The van der Waals surface area contributed by atoms with Crippen LogP contribution in [0, 0.1) is 0 Å². The van der Waals surface area contributed by atoms with Crippen molar-refractivity contribution in [2.75, 3.05) is 0 Å². The van der Waals surface area contributed by atoms with Gasteiger partial charge in [0.25, 0.3) is 10.0 Å². The van der Waals surface area contributed by atoms with Crippen LogP contribution in [-0.4, -0.2) is 35.6 Å². The van der Waals surface area contributed by atoms with Crippen LogP contribution < -0.4 is 0 Å². The van der Waals surface area contributed by atoms with Crippen LogP contribution in [0.25, 0.3) is 0 Å². The van der Waals surface area contributed by atoms with Crippen LogP contribution >= 0.6 is 0 Å². The topological polar surface area (TPSA) is 74.7 Å². The van der Waals surface area contributed by atoms with Crippen molar-refractivity contribution >= 4 is 16.0 Å². The summed E-state index contributed by atoms with van der Waals surface area (Å²) >= 11 is 0. The summed E-state index contributed by atoms with van der Waals surface area (Å²) in [6, 6.07) is 5.11. The van der Waals surface area contributed by atoms with Gasteiger partial charge in [-0.05, 0) is 11.1 Å². The van der Waals surface area contributed by atoms with Crippen LogP contribution in [0.3, 0.4) is 0 Å². The lowest BCUT2D eigenvalue weighted by Crippen LogP contribution is -2.50. The van der Waals surface area contributed by atoms with Crippen molar-refractivity contribution in [3.8, 4) is 0 Å². The molecular weight excluding hydrogens is 280 g/mol. The largest absolute Gasteiger partial charge is 0.480 e. The molecule has 0 bridgehead atoms. The van der Waals surface area contributed by atoms with Crippen molar-refractivity contribution in [2.24, 2.45) is 0 Å². The van der Waals surface area contributed by atoms with Gasteiger partial charge in [-0.25, -0.2) is 8.42 Å². The molecule has 0 saturated heterocycles. The molecule has 0 radical (unpaired) electrons. The Bertz CT molecular complexity index is 602. The summed E-state index contributed by atoms with van der Waals surface area (Å²) in [7, 11) is -4.92. The lowest BCUT2D eigenvalue weighted by atomic mass is 9.96. The Morgan fingerprint density at radius 3 is 2.42 bits per heavy atom. The third-order valence-corrected chi connectivity index (χ3v) is 4.53. The third-order valence-electron chi connectivity index (χ3n) is 3.04. The van der Waals surface area contributed by atoms with Gasteiger partial charge in [-0.15, -0.1) is 0 Å². The molecule has 1 aliphatic heterocycles. The number of fused-ring (bicyclic) bond motifs is 1. The molecule has 1 atom stereocenters. The molecule has 8 heteroatoms. The molecule has 1 aromatic carbocycles. The van der Waals surface area contributed by atoms with E-state index in [4.69, 9.17) is 5.11 Å². The monoisotopic (exact) mass is 291 g/mol. The van der Waals surface area contributed by atoms with Gasteiger partial charge in [0.15, 0.2) is 0 Å². The number of rotatable bonds is 3. The predicted octanol–water partition coefficient (Wildman–Crippen LogP) is 1.05. The summed E-state index contributed by atoms with van der Waals surface area (Å²) in [4.78, 5) is 11.1. The molecule has 0 fully saturated rings. The van der Waals surface area contributed by atoms with Gasteiger partial charge in [-0.1, -0.05) is 24.3 Å². The minimum atomic E-state index is -4.92. The van der Waals surface area contributed by atoms with E-state index in [2.05, 4.69) is 0 Å². The number of aliphatic carboxylic acids is 1. The molecule has 0 spiro atoms. The Morgan fingerprint density at radius 1 is 1.32 bits per heavy atom. The third kappa shape index (κ3) is 2.45. The number of benzene rings is 1. The molecule has 1 aliphatic rings. The van der Waals surface area contributed by atoms with Gasteiger partial charge in [0.2, 0.25) is 0 Å². The number of carbonyl (C=O) groups is 1. The number of carboxylic acid groups (broad SMARTS) is 1. The zero-order chi connectivity index (χ0) is 14.2. The summed E-state index contributed by atoms with van der Waals surface area (Å²) in [5, 5.41) is 9.03. The number of nitrogens with zero attached hydrogens (tertiary/aromatic N) is 1. The summed E-state index contributed by atoms with van der Waals surface area (Å²) in [5.74, 6) is -5.06. The normalized spacial score (nSPS) is 20.3. The molecule has 0 amide bonds. The first-order chi connectivity index (χ1) is 8.84. The molecule has 1 aromatic rings. The highest BCUT2D eigenvalue weighted by Crippen LogP contribution is 2.28. The van der Waals surface area contributed by atoms with Crippen LogP contribution in [-0.2, 0) is 27.8 Å². The van der Waals surface area contributed by atoms with Gasteiger partial charge in [0.05, 0.1) is 0 Å². The van der Waals surface area contributed by atoms with Gasteiger partial charge < -0.3 is 5.11 Å². The molecule has 1 heterocycles. The van der Waals surface area contributed by atoms with Crippen molar-refractivity contribution in [1.82, 2.24) is 4.31 Å². The Kier molecular flexibility index (Phi) is 3.55. The average molecular weight is 291 g/mol. The number of hydrogen-bond acceptors (Lipinski definition) is 3. The van der Waals surface area contributed by atoms with Crippen molar-refractivity contribution < 1.29 is 27.1 Å². The quantitative estimate of drug-likeness (QED) is 0.903. The summed E-state index contributed by atoms with van der Waals surface area (Å²) in [5.41, 5.74) is 1.21. The second-order valence-electron chi connectivity index (χ2n) is 4.18. The molecule has 104 valence electrons. The van der Waals surface area contributed by atoms with Crippen LogP contribution in [0.15, 0.2) is 24.3 Å². The van der Waals surface area contributed by atoms with Gasteiger partial charge in [0.1, 0.15) is 6.04 Å². The van der Waals surface area contributed by atoms with E-state index >= 15 is 0 Å². The van der Waals surface area contributed by atoms with Crippen molar-refractivity contribution in [3.63, 3.8) is 0 Å². The van der Waals surface area contributed by atoms with E-state index in [0.29, 0.717) is 15.4 Å². The predicted molar refractivity (Wildman–Crippen MR) is 62.0 cm³/mol. The standard InChI is InChI=1S/C11H11F2NO4S/c12-11(13)19(17,18)14-6-8-4-2-1-3-7(8)5-9(14)10(15)16/h1-4,9,11H,5-6H2,(H,15,16)/t9-/m0/s1. The zero-order valence-electron chi connectivity index (χ0n) is 9.66. The van der Waals surface area contributed by atoms with Gasteiger partial charge in [0, 0.05) is 13.0 Å². The smallest absolute Gasteiger partial charge is 0.350 e. The van der Waals surface area contributed by atoms with E-state index in [1.807, 2.05) is 0 Å². The fourth-order valence-electron chi connectivity index (χ4n) is 2.08. The van der Waals surface area contributed by atoms with E-state index in [0.717, 1.165) is 0 Å². The van der Waals surface area contributed by atoms with E-state index in [1.165, 1.54) is 0 Å². The van der Waals surface area contributed by atoms with Crippen LogP contribution in [0.2, 0.25) is 0 Å². The second-order valence-corrected chi connectivity index (χ2v) is 6.03. The van der Waals surface area contributed by atoms with Gasteiger partial charge >= 0.3 is 11.7 Å². The van der Waals surface area contributed by atoms with E-state index in [1.54, 1.807) is 24.3 Å². The highest BCUT2D eigenvalue weighted by molar-refractivity contribution is 7.89. The SMILES string of the molecule is O=C(O)[C@@H]1Cc2ccccc2CN1S(=O)(=O)C(F)F. The van der Waals surface area contributed by atoms with Crippen LogP contribution in [0.4, 0.5) is 8.78 Å². The van der Waals surface area contributed by atoms with Crippen molar-refractivity contribution in [3.05, 3.63) is 35.4 Å². The number of carboxylic acids is 1. The number of halogens is 2. The second kappa shape index (κ2) is 4.86. The van der Waals surface area contributed by atoms with E-state index in [9.17, 15) is 22.0 Å². The van der Waals surface area contributed by atoms with E-state index < -0.39 is 27.8 Å². The average Bonchev–Trinajstić information content (AvgIpc) is 2.36. The Hall–Kier alpha value is -1.54. The molecule has 0 saturated carbocycles. The van der Waals surface area contributed by atoms with Crippen molar-refractivity contribution in [1.29, 1.82) is 0 Å². The van der Waals surface area contributed by atoms with Crippen LogP contribution in [0.5, 0.6) is 0 Å². The summed E-state index contributed by atoms with van der Waals surface area (Å²) in [6.45, 7) is -0.347. The van der Waals surface area contributed by atoms with Crippen molar-refractivity contribution in [2.45, 2.75) is 24.8 Å². The first kappa shape index (κ1) is 13.9. The molecular formula is C11H11F2NO4S. The first-order valence-corrected chi connectivity index (χ1v) is 6.92. The maximum absolute atomic E-state index is 12.6. The maximum atomic E-state index is 12.6. The lowest BCUT2D eigenvalue weighted by molar-refractivity contribution is -0.141. The van der Waals surface area contributed by atoms with Gasteiger partial charge in [-0.2, -0.15) is 13.1 Å². The van der Waals surface area contributed by atoms with E-state index in [-0.39, 0.29) is 13.0 Å². The number of sulfonamides is 1. The molecule has 5 nitrogen and oxygen atoms in total. The van der Waals surface area contributed by atoms with Crippen LogP contribution in [0.1, 0.15) is 11.1 Å². The number of alkyl halides is 2.